The van der Waals surface area contributed by atoms with Crippen molar-refractivity contribution in [3.05, 3.63) is 33.6 Å². The molecule has 0 saturated carbocycles. The predicted octanol–water partition coefficient (Wildman–Crippen LogP) is 3.60. The SMILES string of the molecule is Fc1cc(C2CCNCC2)c(Cl)cc1Cl. The summed E-state index contributed by atoms with van der Waals surface area (Å²) in [5, 5.41) is 3.94. The van der Waals surface area contributed by atoms with Gasteiger partial charge in [-0.15, -0.1) is 0 Å². The molecule has 0 aliphatic carbocycles. The molecule has 0 atom stereocenters. The van der Waals surface area contributed by atoms with Crippen LogP contribution < -0.4 is 5.32 Å². The minimum Gasteiger partial charge on any atom is -0.317 e. The van der Waals surface area contributed by atoms with Crippen LogP contribution in [-0.4, -0.2) is 13.1 Å². The van der Waals surface area contributed by atoms with Crippen molar-refractivity contribution >= 4 is 23.2 Å². The third-order valence-electron chi connectivity index (χ3n) is 2.82. The molecule has 1 aromatic rings. The van der Waals surface area contributed by atoms with Crippen molar-refractivity contribution in [2.45, 2.75) is 18.8 Å². The van der Waals surface area contributed by atoms with Crippen LogP contribution in [0.2, 0.25) is 10.0 Å². The predicted molar refractivity (Wildman–Crippen MR) is 61.3 cm³/mol. The fraction of sp³-hybridized carbons (Fsp3) is 0.455. The summed E-state index contributed by atoms with van der Waals surface area (Å²) < 4.78 is 13.3. The lowest BCUT2D eigenvalue weighted by Gasteiger charge is -2.24. The van der Waals surface area contributed by atoms with Gasteiger partial charge in [0, 0.05) is 5.02 Å². The highest BCUT2D eigenvalue weighted by atomic mass is 35.5. The second kappa shape index (κ2) is 4.69. The number of rotatable bonds is 1. The van der Waals surface area contributed by atoms with Gasteiger partial charge in [-0.05, 0) is 49.5 Å². The van der Waals surface area contributed by atoms with Gasteiger partial charge in [0.25, 0.3) is 0 Å². The molecule has 0 aromatic heterocycles. The highest BCUT2D eigenvalue weighted by Gasteiger charge is 2.19. The molecule has 0 radical (unpaired) electrons. The van der Waals surface area contributed by atoms with E-state index in [1.807, 2.05) is 0 Å². The number of benzene rings is 1. The Morgan fingerprint density at radius 2 is 1.80 bits per heavy atom. The Hall–Kier alpha value is -0.310. The molecule has 1 aliphatic heterocycles. The maximum atomic E-state index is 13.3. The molecule has 1 aromatic carbocycles. The molecule has 4 heteroatoms. The highest BCUT2D eigenvalue weighted by Crippen LogP contribution is 2.33. The first-order valence-corrected chi connectivity index (χ1v) is 5.79. The molecule has 15 heavy (non-hydrogen) atoms. The zero-order valence-electron chi connectivity index (χ0n) is 8.19. The second-order valence-corrected chi connectivity index (χ2v) is 4.63. The fourth-order valence-electron chi connectivity index (χ4n) is 1.98. The summed E-state index contributed by atoms with van der Waals surface area (Å²) in [6.45, 7) is 1.93. The molecule has 2 rings (SSSR count). The lowest BCUT2D eigenvalue weighted by molar-refractivity contribution is 0.458. The van der Waals surface area contributed by atoms with Gasteiger partial charge in [-0.2, -0.15) is 0 Å². The third kappa shape index (κ3) is 2.44. The van der Waals surface area contributed by atoms with Crippen molar-refractivity contribution in [2.24, 2.45) is 0 Å². The van der Waals surface area contributed by atoms with Crippen LogP contribution in [-0.2, 0) is 0 Å². The molecule has 0 spiro atoms. The fourth-order valence-corrected chi connectivity index (χ4v) is 2.52. The van der Waals surface area contributed by atoms with Gasteiger partial charge < -0.3 is 5.32 Å². The zero-order chi connectivity index (χ0) is 10.8. The summed E-state index contributed by atoms with van der Waals surface area (Å²) in [5.41, 5.74) is 0.889. The van der Waals surface area contributed by atoms with E-state index in [1.165, 1.54) is 12.1 Å². The van der Waals surface area contributed by atoms with Crippen molar-refractivity contribution in [3.8, 4) is 0 Å². The molecular weight excluding hydrogens is 236 g/mol. The maximum absolute atomic E-state index is 13.3. The third-order valence-corrected chi connectivity index (χ3v) is 3.44. The van der Waals surface area contributed by atoms with E-state index in [1.54, 1.807) is 0 Å². The van der Waals surface area contributed by atoms with Gasteiger partial charge in [-0.1, -0.05) is 23.2 Å². The average molecular weight is 248 g/mol. The first kappa shape index (κ1) is 11.2. The van der Waals surface area contributed by atoms with Gasteiger partial charge in [0.2, 0.25) is 0 Å². The second-order valence-electron chi connectivity index (χ2n) is 3.81. The Labute approximate surface area is 98.6 Å². The maximum Gasteiger partial charge on any atom is 0.142 e. The van der Waals surface area contributed by atoms with Crippen LogP contribution in [0.4, 0.5) is 4.39 Å². The summed E-state index contributed by atoms with van der Waals surface area (Å²) in [5.74, 6) is -0.0277. The number of hydrogen-bond donors (Lipinski definition) is 1. The van der Waals surface area contributed by atoms with Gasteiger partial charge in [0.1, 0.15) is 5.82 Å². The van der Waals surface area contributed by atoms with E-state index >= 15 is 0 Å². The first-order chi connectivity index (χ1) is 7.18. The van der Waals surface area contributed by atoms with Gasteiger partial charge in [-0.25, -0.2) is 4.39 Å². The molecule has 82 valence electrons. The van der Waals surface area contributed by atoms with Crippen LogP contribution >= 0.6 is 23.2 Å². The van der Waals surface area contributed by atoms with E-state index in [9.17, 15) is 4.39 Å². The monoisotopic (exact) mass is 247 g/mol. The van der Waals surface area contributed by atoms with Gasteiger partial charge in [0.05, 0.1) is 5.02 Å². The minimum atomic E-state index is -0.380. The van der Waals surface area contributed by atoms with Crippen LogP contribution in [0, 0.1) is 5.82 Å². The summed E-state index contributed by atoms with van der Waals surface area (Å²) in [4.78, 5) is 0. The Morgan fingerprint density at radius 3 is 2.47 bits per heavy atom. The number of hydrogen-bond acceptors (Lipinski definition) is 1. The molecule has 1 N–H and O–H groups in total. The standard InChI is InChI=1S/C11H12Cl2FN/c12-9-6-10(13)11(14)5-8(9)7-1-3-15-4-2-7/h5-7,15H,1-4H2. The smallest absolute Gasteiger partial charge is 0.142 e. The van der Waals surface area contributed by atoms with E-state index in [2.05, 4.69) is 5.32 Å². The van der Waals surface area contributed by atoms with Crippen molar-refractivity contribution < 1.29 is 4.39 Å². The Balaban J connectivity index is 2.30. The Kier molecular flexibility index (Phi) is 3.49. The number of halogens is 3. The molecule has 1 heterocycles. The van der Waals surface area contributed by atoms with Gasteiger partial charge in [0.15, 0.2) is 0 Å². The van der Waals surface area contributed by atoms with Crippen LogP contribution in [0.3, 0.4) is 0 Å². The quantitative estimate of drug-likeness (QED) is 0.749. The van der Waals surface area contributed by atoms with Crippen LogP contribution in [0.25, 0.3) is 0 Å². The summed E-state index contributed by atoms with van der Waals surface area (Å²) in [6, 6.07) is 2.97. The molecule has 1 nitrogen and oxygen atoms in total. The molecule has 0 bridgehead atoms. The van der Waals surface area contributed by atoms with E-state index in [0.717, 1.165) is 31.5 Å². The number of nitrogens with one attached hydrogen (secondary N) is 1. The highest BCUT2D eigenvalue weighted by molar-refractivity contribution is 6.35. The molecule has 1 saturated heterocycles. The molecule has 0 amide bonds. The Morgan fingerprint density at radius 1 is 1.13 bits per heavy atom. The lowest BCUT2D eigenvalue weighted by Crippen LogP contribution is -2.26. The van der Waals surface area contributed by atoms with Crippen LogP contribution in [0.1, 0.15) is 24.3 Å². The topological polar surface area (TPSA) is 12.0 Å². The van der Waals surface area contributed by atoms with Gasteiger partial charge in [-0.3, -0.25) is 0 Å². The minimum absolute atomic E-state index is 0.0951. The zero-order valence-corrected chi connectivity index (χ0v) is 9.71. The largest absolute Gasteiger partial charge is 0.317 e. The molecular formula is C11H12Cl2FN. The normalized spacial score (nSPS) is 18.1. The van der Waals surface area contributed by atoms with Crippen LogP contribution in [0.5, 0.6) is 0 Å². The van der Waals surface area contributed by atoms with Crippen LogP contribution in [0.15, 0.2) is 12.1 Å². The van der Waals surface area contributed by atoms with E-state index in [4.69, 9.17) is 23.2 Å². The van der Waals surface area contributed by atoms with Crippen molar-refractivity contribution in [2.75, 3.05) is 13.1 Å². The first-order valence-electron chi connectivity index (χ1n) is 5.03. The summed E-state index contributed by atoms with van der Waals surface area (Å²) >= 11 is 11.7. The average Bonchev–Trinajstić information content (AvgIpc) is 2.25. The van der Waals surface area contributed by atoms with Gasteiger partial charge >= 0.3 is 0 Å². The van der Waals surface area contributed by atoms with Crippen molar-refractivity contribution in [1.82, 2.24) is 5.32 Å². The summed E-state index contributed by atoms with van der Waals surface area (Å²) in [6.07, 6.45) is 2.00. The molecule has 1 aliphatic rings. The molecule has 1 fully saturated rings. The van der Waals surface area contributed by atoms with Crippen molar-refractivity contribution in [3.63, 3.8) is 0 Å². The van der Waals surface area contributed by atoms with E-state index in [0.29, 0.717) is 10.9 Å². The lowest BCUT2D eigenvalue weighted by atomic mass is 9.90. The number of piperidine rings is 1. The summed E-state index contributed by atoms with van der Waals surface area (Å²) in [7, 11) is 0. The molecule has 0 unspecified atom stereocenters. The van der Waals surface area contributed by atoms with E-state index in [-0.39, 0.29) is 10.8 Å². The van der Waals surface area contributed by atoms with Crippen molar-refractivity contribution in [1.29, 1.82) is 0 Å². The van der Waals surface area contributed by atoms with E-state index < -0.39 is 0 Å². The Bertz CT molecular complexity index is 362.